The fourth-order valence-corrected chi connectivity index (χ4v) is 7.52. The van der Waals surface area contributed by atoms with Crippen molar-refractivity contribution in [3.63, 3.8) is 0 Å². The van der Waals surface area contributed by atoms with Gasteiger partial charge in [0.2, 0.25) is 17.7 Å². The van der Waals surface area contributed by atoms with Crippen molar-refractivity contribution in [2.24, 2.45) is 35.0 Å². The lowest BCUT2D eigenvalue weighted by molar-refractivity contribution is -0.148. The second kappa shape index (κ2) is 6.43. The van der Waals surface area contributed by atoms with Crippen molar-refractivity contribution in [1.82, 2.24) is 10.2 Å². The van der Waals surface area contributed by atoms with Gasteiger partial charge in [-0.2, -0.15) is 0 Å². The third-order valence-corrected chi connectivity index (χ3v) is 8.67. The predicted octanol–water partition coefficient (Wildman–Crippen LogP) is 3.05. The first-order valence-electron chi connectivity index (χ1n) is 11.2. The number of imide groups is 1. The molecule has 0 aromatic rings. The first kappa shape index (κ1) is 18.4. The fourth-order valence-electron chi connectivity index (χ4n) is 7.52. The first-order chi connectivity index (χ1) is 13.4. The molecular formula is C23H32N2O3. The first-order valence-corrected chi connectivity index (χ1v) is 11.2. The number of allylic oxidation sites excluding steroid dienone is 2. The van der Waals surface area contributed by atoms with Crippen LogP contribution in [0.5, 0.6) is 0 Å². The summed E-state index contributed by atoms with van der Waals surface area (Å²) in [6, 6.07) is -0.616. The van der Waals surface area contributed by atoms with Crippen LogP contribution in [0.15, 0.2) is 12.2 Å². The van der Waals surface area contributed by atoms with Crippen molar-refractivity contribution in [2.45, 2.75) is 77.3 Å². The van der Waals surface area contributed by atoms with Gasteiger partial charge in [0, 0.05) is 6.04 Å². The Morgan fingerprint density at radius 3 is 1.89 bits per heavy atom. The SMILES string of the molecule is C[C@@H](C(=O)N[C@H](C)C12CC3CC(CC(C3)C1)C2)N1C(=O)[C@H]2CC=CC[C@H]2C1=O. The standard InChI is InChI=1S/C23H32N2O3/c1-13(25-21(27)18-5-3-4-6-19(18)22(25)28)20(26)24-14(2)23-10-15-7-16(11-23)9-17(8-15)12-23/h3-4,13-19H,5-12H2,1-2H3,(H,24,26)/t13-,14+,15?,16?,17?,18-,19+,23?/m0/s1. The summed E-state index contributed by atoms with van der Waals surface area (Å²) in [5.41, 5.74) is 0.223. The molecule has 0 aromatic carbocycles. The fraction of sp³-hybridized carbons (Fsp3) is 0.783. The second-order valence-electron chi connectivity index (χ2n) is 10.4. The van der Waals surface area contributed by atoms with Crippen LogP contribution in [0.4, 0.5) is 0 Å². The number of carbonyl (C=O) groups excluding carboxylic acids is 3. The normalized spacial score (nSPS) is 43.2. The number of hydrogen-bond acceptors (Lipinski definition) is 3. The van der Waals surface area contributed by atoms with Gasteiger partial charge in [0.25, 0.3) is 0 Å². The number of fused-ring (bicyclic) bond motifs is 1. The molecule has 1 aliphatic heterocycles. The summed E-state index contributed by atoms with van der Waals surface area (Å²) in [7, 11) is 0. The molecule has 5 aliphatic carbocycles. The van der Waals surface area contributed by atoms with E-state index in [1.807, 2.05) is 12.2 Å². The Balaban J connectivity index is 1.28. The molecule has 5 heteroatoms. The minimum Gasteiger partial charge on any atom is -0.351 e. The van der Waals surface area contributed by atoms with Crippen LogP contribution in [0.2, 0.25) is 0 Å². The van der Waals surface area contributed by atoms with E-state index in [1.54, 1.807) is 6.92 Å². The molecule has 4 saturated carbocycles. The van der Waals surface area contributed by atoms with Gasteiger partial charge in [-0.05, 0) is 88.4 Å². The summed E-state index contributed by atoms with van der Waals surface area (Å²) in [6.45, 7) is 3.86. The van der Waals surface area contributed by atoms with Crippen LogP contribution in [-0.2, 0) is 14.4 Å². The Morgan fingerprint density at radius 1 is 0.964 bits per heavy atom. The van der Waals surface area contributed by atoms with E-state index in [1.165, 1.54) is 43.4 Å². The molecule has 0 spiro atoms. The number of likely N-dealkylation sites (tertiary alicyclic amines) is 1. The maximum atomic E-state index is 13.1. The molecule has 0 radical (unpaired) electrons. The molecule has 4 bridgehead atoms. The Morgan fingerprint density at radius 2 is 1.43 bits per heavy atom. The molecular weight excluding hydrogens is 352 g/mol. The Hall–Kier alpha value is -1.65. The summed E-state index contributed by atoms with van der Waals surface area (Å²) < 4.78 is 0. The van der Waals surface area contributed by atoms with Crippen LogP contribution < -0.4 is 5.32 Å². The largest absolute Gasteiger partial charge is 0.351 e. The van der Waals surface area contributed by atoms with Crippen molar-refractivity contribution in [2.75, 3.05) is 0 Å². The molecule has 152 valence electrons. The number of carbonyl (C=O) groups is 3. The van der Waals surface area contributed by atoms with Gasteiger partial charge in [0.15, 0.2) is 0 Å². The third-order valence-electron chi connectivity index (χ3n) is 8.67. The van der Waals surface area contributed by atoms with Crippen molar-refractivity contribution in [1.29, 1.82) is 0 Å². The highest BCUT2D eigenvalue weighted by atomic mass is 16.2. The van der Waals surface area contributed by atoms with Crippen LogP contribution in [-0.4, -0.2) is 34.7 Å². The Labute approximate surface area is 167 Å². The van der Waals surface area contributed by atoms with Crippen molar-refractivity contribution < 1.29 is 14.4 Å². The molecule has 0 unspecified atom stereocenters. The molecule has 5 fully saturated rings. The minimum atomic E-state index is -0.720. The zero-order chi connectivity index (χ0) is 19.6. The lowest BCUT2D eigenvalue weighted by atomic mass is 9.48. The average molecular weight is 385 g/mol. The van der Waals surface area contributed by atoms with Crippen molar-refractivity contribution >= 4 is 17.7 Å². The Bertz CT molecular complexity index is 681. The minimum absolute atomic E-state index is 0.104. The Kier molecular flexibility index (Phi) is 4.22. The van der Waals surface area contributed by atoms with Crippen LogP contribution in [0.25, 0.3) is 0 Å². The maximum absolute atomic E-state index is 13.1. The molecule has 1 heterocycles. The van der Waals surface area contributed by atoms with Gasteiger partial charge >= 0.3 is 0 Å². The van der Waals surface area contributed by atoms with E-state index in [0.717, 1.165) is 17.8 Å². The van der Waals surface area contributed by atoms with E-state index in [0.29, 0.717) is 12.8 Å². The third kappa shape index (κ3) is 2.68. The summed E-state index contributed by atoms with van der Waals surface area (Å²) in [5, 5.41) is 3.24. The summed E-state index contributed by atoms with van der Waals surface area (Å²) in [4.78, 5) is 39.9. The number of nitrogens with one attached hydrogen (secondary N) is 1. The maximum Gasteiger partial charge on any atom is 0.243 e. The number of rotatable bonds is 4. The van der Waals surface area contributed by atoms with Gasteiger partial charge in [-0.25, -0.2) is 0 Å². The van der Waals surface area contributed by atoms with E-state index in [2.05, 4.69) is 12.2 Å². The number of nitrogens with zero attached hydrogens (tertiary/aromatic N) is 1. The molecule has 5 nitrogen and oxygen atoms in total. The van der Waals surface area contributed by atoms with E-state index < -0.39 is 6.04 Å². The zero-order valence-electron chi connectivity index (χ0n) is 17.0. The topological polar surface area (TPSA) is 66.5 Å². The van der Waals surface area contributed by atoms with E-state index in [4.69, 9.17) is 0 Å². The van der Waals surface area contributed by atoms with Gasteiger partial charge < -0.3 is 5.32 Å². The van der Waals surface area contributed by atoms with Crippen molar-refractivity contribution in [3.8, 4) is 0 Å². The second-order valence-corrected chi connectivity index (χ2v) is 10.4. The van der Waals surface area contributed by atoms with Crippen LogP contribution in [0, 0.1) is 35.0 Å². The zero-order valence-corrected chi connectivity index (χ0v) is 17.0. The van der Waals surface area contributed by atoms with Gasteiger partial charge in [-0.15, -0.1) is 0 Å². The molecule has 1 N–H and O–H groups in total. The monoisotopic (exact) mass is 384 g/mol. The molecule has 3 amide bonds. The number of hydrogen-bond donors (Lipinski definition) is 1. The van der Waals surface area contributed by atoms with Gasteiger partial charge in [-0.3, -0.25) is 19.3 Å². The number of amides is 3. The molecule has 6 aliphatic rings. The highest BCUT2D eigenvalue weighted by Gasteiger charge is 2.54. The van der Waals surface area contributed by atoms with Crippen LogP contribution in [0.1, 0.15) is 65.2 Å². The summed E-state index contributed by atoms with van der Waals surface area (Å²) >= 11 is 0. The highest BCUT2D eigenvalue weighted by molar-refractivity contribution is 6.08. The lowest BCUT2D eigenvalue weighted by Crippen LogP contribution is -2.58. The quantitative estimate of drug-likeness (QED) is 0.598. The van der Waals surface area contributed by atoms with Crippen LogP contribution >= 0.6 is 0 Å². The molecule has 4 atom stereocenters. The highest BCUT2D eigenvalue weighted by Crippen LogP contribution is 2.61. The van der Waals surface area contributed by atoms with Crippen molar-refractivity contribution in [3.05, 3.63) is 12.2 Å². The lowest BCUT2D eigenvalue weighted by Gasteiger charge is -2.59. The molecule has 1 saturated heterocycles. The molecule has 0 aromatic heterocycles. The smallest absolute Gasteiger partial charge is 0.243 e. The average Bonchev–Trinajstić information content (AvgIpc) is 2.91. The van der Waals surface area contributed by atoms with Gasteiger partial charge in [0.1, 0.15) is 6.04 Å². The van der Waals surface area contributed by atoms with E-state index in [9.17, 15) is 14.4 Å². The van der Waals surface area contributed by atoms with E-state index >= 15 is 0 Å². The van der Waals surface area contributed by atoms with E-state index in [-0.39, 0.29) is 41.0 Å². The van der Waals surface area contributed by atoms with Gasteiger partial charge in [-0.1, -0.05) is 12.2 Å². The molecule has 6 rings (SSSR count). The van der Waals surface area contributed by atoms with Crippen LogP contribution in [0.3, 0.4) is 0 Å². The van der Waals surface area contributed by atoms with Gasteiger partial charge in [0.05, 0.1) is 11.8 Å². The summed E-state index contributed by atoms with van der Waals surface area (Å²) in [5.74, 6) is 1.47. The predicted molar refractivity (Wildman–Crippen MR) is 105 cm³/mol. The molecule has 28 heavy (non-hydrogen) atoms. The summed E-state index contributed by atoms with van der Waals surface area (Å²) in [6.07, 6.45) is 13.0.